The maximum Gasteiger partial charge on any atom is 0.203 e. The molecule has 4 unspecified atom stereocenters. The first kappa shape index (κ1) is 90.9. The zero-order valence-corrected chi connectivity index (χ0v) is 73.8. The molecule has 35 heteroatoms. The lowest BCUT2D eigenvalue weighted by atomic mass is 9.99. The van der Waals surface area contributed by atoms with Gasteiger partial charge in [0.05, 0.1) is 43.9 Å². The van der Waals surface area contributed by atoms with Crippen molar-refractivity contribution in [3.05, 3.63) is 370 Å². The van der Waals surface area contributed by atoms with Gasteiger partial charge in [-0.15, -0.1) is 0 Å². The van der Waals surface area contributed by atoms with Gasteiger partial charge in [0, 0.05) is 7.05 Å². The van der Waals surface area contributed by atoms with Crippen molar-refractivity contribution in [3.63, 3.8) is 0 Å². The van der Waals surface area contributed by atoms with E-state index < -0.39 is 110 Å². The molecule has 19 aromatic rings. The molecule has 0 aliphatic rings. The largest absolute Gasteiger partial charge is 0.459 e. The Balaban J connectivity index is 0.000000126. The number of fused-ring (bicyclic) bond motifs is 7. The molecule has 19 rings (SSSR count). The number of nitrogens with zero attached hydrogens (tertiary/aromatic N) is 8. The second-order valence-corrected chi connectivity index (χ2v) is 31.6. The molecule has 10 aromatic carbocycles. The van der Waals surface area contributed by atoms with Gasteiger partial charge in [0.25, 0.3) is 0 Å². The second-order valence-electron chi connectivity index (χ2n) is 29.0. The van der Waals surface area contributed by atoms with Crippen LogP contribution in [0.2, 0.25) is 0 Å². The minimum atomic E-state index is -1.10. The predicted molar refractivity (Wildman–Crippen MR) is 491 cm³/mol. The Morgan fingerprint density at radius 3 is 1.02 bits per heavy atom. The first-order valence-corrected chi connectivity index (χ1v) is 42.3. The van der Waals surface area contributed by atoms with Crippen LogP contribution in [-0.4, -0.2) is 56.8 Å². The average molecular weight is 2060 g/mol. The Bertz CT molecular complexity index is 8000. The molecular weight excluding hydrogens is 2000 g/mol. The van der Waals surface area contributed by atoms with Gasteiger partial charge in [0.15, 0.2) is 11.3 Å². The maximum atomic E-state index is 14.6. The number of alkyl halides is 1. The molecule has 130 heavy (non-hydrogen) atoms. The molecule has 4 atom stereocenters. The van der Waals surface area contributed by atoms with Gasteiger partial charge in [0.1, 0.15) is 198 Å². The van der Waals surface area contributed by atoms with E-state index >= 15 is 0 Å². The highest BCUT2D eigenvalue weighted by molar-refractivity contribution is 14.1. The molecule has 0 radical (unpaired) electrons. The van der Waals surface area contributed by atoms with Gasteiger partial charge in [0.2, 0.25) is 27.1 Å². The normalized spacial score (nSPS) is 12.2. The number of hydrogen-bond donors (Lipinski definition) is 4. The lowest BCUT2D eigenvalue weighted by Gasteiger charge is -2.17. The molecule has 0 spiro atoms. The number of anilines is 2. The van der Waals surface area contributed by atoms with E-state index in [-0.39, 0.29) is 128 Å². The van der Waals surface area contributed by atoms with Crippen LogP contribution in [0.4, 0.5) is 55.5 Å². The molecule has 0 saturated heterocycles. The molecule has 0 aliphatic carbocycles. The smallest absolute Gasteiger partial charge is 0.203 e. The second kappa shape index (κ2) is 38.2. The molecule has 5 N–H and O–H groups in total. The zero-order chi connectivity index (χ0) is 92.5. The summed E-state index contributed by atoms with van der Waals surface area (Å²) >= 11 is 7.36. The first-order chi connectivity index (χ1) is 62.3. The lowest BCUT2D eigenvalue weighted by Crippen LogP contribution is -2.17. The van der Waals surface area contributed by atoms with E-state index in [1.54, 1.807) is 42.4 Å². The number of aliphatic hydroxyl groups excluding tert-OH is 2. The molecular formula is C95H63BrF10I2N10O12. The number of halogens is 13. The molecule has 0 aliphatic heterocycles. The van der Waals surface area contributed by atoms with Gasteiger partial charge in [-0.05, 0) is 222 Å². The molecule has 656 valence electrons. The molecule has 0 bridgehead atoms. The SMILES string of the molecule is CC(O)c1oc2cccc(F)c2c(=O)c1-c1ccc(F)cc1.CC(O)c1oc2cccc(F)c2c(=O)c1-c1cccc(F)c1.CC(c1oc2cccc(F)c2c(=O)c1-c1ccc(F)cc1)n1nc(I)c2c(N)ncnc21.CNc1ncnc2c1c(I)nn2C(C)c1oc2cccc(F)c2c(=O)c1-c1cccc(F)c1.O=c1c(-c2cccc(F)c2)c(CBr)oc2cccc(F)c12. The van der Waals surface area contributed by atoms with Crippen LogP contribution in [0.25, 0.3) is 133 Å². The van der Waals surface area contributed by atoms with E-state index in [1.807, 2.05) is 22.6 Å². The molecule has 0 amide bonds. The number of benzene rings is 10. The van der Waals surface area contributed by atoms with Crippen molar-refractivity contribution in [2.75, 3.05) is 18.1 Å². The van der Waals surface area contributed by atoms with E-state index in [0.29, 0.717) is 57.7 Å². The lowest BCUT2D eigenvalue weighted by molar-refractivity contribution is 0.171. The van der Waals surface area contributed by atoms with Crippen LogP contribution in [0.15, 0.2) is 271 Å². The predicted octanol–water partition coefficient (Wildman–Crippen LogP) is 22.0. The molecule has 0 fully saturated rings. The minimum absolute atomic E-state index is 0.0197. The molecule has 9 aromatic heterocycles. The fourth-order valence-electron chi connectivity index (χ4n) is 14.8. The third-order valence-corrected chi connectivity index (χ3v) is 22.7. The summed E-state index contributed by atoms with van der Waals surface area (Å²) in [5, 5.41) is 32.6. The van der Waals surface area contributed by atoms with Crippen molar-refractivity contribution in [3.8, 4) is 55.6 Å². The number of rotatable bonds is 13. The van der Waals surface area contributed by atoms with E-state index in [9.17, 15) is 78.1 Å². The van der Waals surface area contributed by atoms with Crippen molar-refractivity contribution in [2.45, 2.75) is 57.3 Å². The number of aromatic nitrogens is 8. The number of nitrogens with one attached hydrogen (secondary N) is 1. The van der Waals surface area contributed by atoms with Crippen LogP contribution < -0.4 is 38.2 Å². The fourth-order valence-corrected chi connectivity index (χ4v) is 16.6. The summed E-state index contributed by atoms with van der Waals surface area (Å²) in [5.74, 6) is -4.26. The van der Waals surface area contributed by atoms with Gasteiger partial charge in [-0.1, -0.05) is 107 Å². The van der Waals surface area contributed by atoms with Crippen LogP contribution in [0.5, 0.6) is 0 Å². The first-order valence-electron chi connectivity index (χ1n) is 39.0. The Morgan fingerprint density at radius 2 is 0.669 bits per heavy atom. The van der Waals surface area contributed by atoms with Gasteiger partial charge < -0.3 is 43.3 Å². The van der Waals surface area contributed by atoms with Crippen molar-refractivity contribution < 1.29 is 76.2 Å². The Morgan fingerprint density at radius 1 is 0.369 bits per heavy atom. The third kappa shape index (κ3) is 17.8. The number of aliphatic hydroxyl groups is 2. The highest BCUT2D eigenvalue weighted by Crippen LogP contribution is 2.40. The number of nitrogens with two attached hydrogens (primary N) is 1. The standard InChI is InChI=1S/C23H16F2IN5O2.C22H14F2IN5O2.2C17H12F2O3.C16H9BrF2O2/c1-11(31-23-18(21(26)30-31)22(27-2)28-10-29-23)20-16(12-5-3-6-13(24)9-12)19(32)17-14(25)7-4-8-15(17)33-20;1-10(30-22-17(20(25)29-30)21(26)27-9-28-22)19-15(11-5-7-12(23)8-6-11)18(31)16-13(24)3-2-4-14(16)32-19;1-9(20)17-14(10-4-2-5-11(18)8-10)16(21)15-12(19)6-3-7-13(15)22-17;1-9(20)17-14(10-5-7-11(18)8-6-10)16(21)15-12(19)3-2-4-13(15)22-17;17-8-13-14(9-3-1-4-10(18)7-9)16(20)15-11(19)5-2-6-12(15)21-13/h3-11H,1-2H3,(H,27,28,29);2-10H,1H3,(H2,26,27,28);2*2-9,20H,1H3;1-7H,8H2. The van der Waals surface area contributed by atoms with Crippen LogP contribution in [-0.2, 0) is 5.33 Å². The Kier molecular flexibility index (Phi) is 26.7. The van der Waals surface area contributed by atoms with Gasteiger partial charge in [-0.25, -0.2) is 73.2 Å². The minimum Gasteiger partial charge on any atom is -0.459 e. The van der Waals surface area contributed by atoms with E-state index in [4.69, 9.17) is 27.8 Å². The number of hydrogen-bond acceptors (Lipinski definition) is 20. The van der Waals surface area contributed by atoms with E-state index in [2.05, 4.69) is 74.0 Å². The summed E-state index contributed by atoms with van der Waals surface area (Å²) in [5.41, 5.74) is 6.58. The third-order valence-electron chi connectivity index (χ3n) is 20.7. The average Bonchev–Trinajstić information content (AvgIpc) is 1.49. The van der Waals surface area contributed by atoms with Crippen LogP contribution >= 0.6 is 61.1 Å². The van der Waals surface area contributed by atoms with Crippen molar-refractivity contribution in [2.24, 2.45) is 0 Å². The fraction of sp³-hybridized carbons (Fsp3) is 0.105. The highest BCUT2D eigenvalue weighted by atomic mass is 127. The molecule has 9 heterocycles. The number of nitrogen functional groups attached to an aromatic ring is 1. The Labute approximate surface area is 761 Å². The summed E-state index contributed by atoms with van der Waals surface area (Å²) < 4.78 is 172. The van der Waals surface area contributed by atoms with E-state index in [0.717, 1.165) is 18.2 Å². The quantitative estimate of drug-likeness (QED) is 0.0473. The van der Waals surface area contributed by atoms with Crippen molar-refractivity contribution in [1.29, 1.82) is 0 Å². The summed E-state index contributed by atoms with van der Waals surface area (Å²) in [6.07, 6.45) is 0.569. The molecule has 22 nitrogen and oxygen atoms in total. The van der Waals surface area contributed by atoms with Gasteiger partial charge >= 0.3 is 0 Å². The Hall–Kier alpha value is -13.9. The van der Waals surface area contributed by atoms with E-state index in [1.165, 1.54) is 208 Å². The van der Waals surface area contributed by atoms with Crippen LogP contribution in [0.3, 0.4) is 0 Å². The summed E-state index contributed by atoms with van der Waals surface area (Å²) in [4.78, 5) is 81.8. The summed E-state index contributed by atoms with van der Waals surface area (Å²) in [6.45, 7) is 6.43. The zero-order valence-electron chi connectivity index (χ0n) is 67.9. The monoisotopic (exact) mass is 2060 g/mol. The molecule has 0 saturated carbocycles. The highest BCUT2D eigenvalue weighted by Gasteiger charge is 2.32. The van der Waals surface area contributed by atoms with Crippen LogP contribution in [0, 0.1) is 65.6 Å². The topological polar surface area (TPSA) is 317 Å². The van der Waals surface area contributed by atoms with Crippen molar-refractivity contribution >= 4 is 150 Å². The summed E-state index contributed by atoms with van der Waals surface area (Å²) in [7, 11) is 1.75. The maximum absolute atomic E-state index is 14.6. The summed E-state index contributed by atoms with van der Waals surface area (Å²) in [6, 6.07) is 46.4. The van der Waals surface area contributed by atoms with Crippen LogP contribution in [0.1, 0.15) is 80.8 Å². The van der Waals surface area contributed by atoms with Gasteiger partial charge in [-0.2, -0.15) is 10.2 Å². The van der Waals surface area contributed by atoms with Crippen molar-refractivity contribution in [1.82, 2.24) is 39.5 Å². The van der Waals surface area contributed by atoms with Gasteiger partial charge in [-0.3, -0.25) is 24.0 Å².